The van der Waals surface area contributed by atoms with Gasteiger partial charge in [-0.2, -0.15) is 0 Å². The number of thioether (sulfide) groups is 1. The highest BCUT2D eigenvalue weighted by Crippen LogP contribution is 2.39. The third-order valence-electron chi connectivity index (χ3n) is 4.09. The lowest BCUT2D eigenvalue weighted by Gasteiger charge is -2.36. The molecule has 2 saturated heterocycles. The quantitative estimate of drug-likeness (QED) is 0.851. The molecule has 1 radical (unpaired) electrons. The highest BCUT2D eigenvalue weighted by atomic mass is 32.2. The largest absolute Gasteiger partial charge is 0.318 e. The van der Waals surface area contributed by atoms with Gasteiger partial charge in [0.25, 0.3) is 5.91 Å². The summed E-state index contributed by atoms with van der Waals surface area (Å²) in [6.07, 6.45) is 2.53. The molecular weight excluding hydrogens is 272 g/mol. The minimum Gasteiger partial charge on any atom is -0.318 e. The van der Waals surface area contributed by atoms with Crippen molar-refractivity contribution >= 4 is 23.6 Å². The Kier molecular flexibility index (Phi) is 3.70. The fraction of sp³-hybridized carbons (Fsp3) is 0.467. The molecule has 0 spiro atoms. The zero-order chi connectivity index (χ0) is 14.1. The first kappa shape index (κ1) is 13.5. The van der Waals surface area contributed by atoms with Gasteiger partial charge in [0.05, 0.1) is 5.37 Å². The van der Waals surface area contributed by atoms with Crippen molar-refractivity contribution in [2.45, 2.75) is 30.7 Å². The first-order valence-electron chi connectivity index (χ1n) is 6.90. The Morgan fingerprint density at radius 1 is 1.30 bits per heavy atom. The average molecular weight is 289 g/mol. The molecule has 0 bridgehead atoms. The third-order valence-corrected chi connectivity index (χ3v) is 5.44. The fourth-order valence-corrected chi connectivity index (χ4v) is 4.48. The van der Waals surface area contributed by atoms with Gasteiger partial charge in [-0.25, -0.2) is 0 Å². The minimum absolute atomic E-state index is 0.0470. The lowest BCUT2D eigenvalue weighted by Crippen LogP contribution is -2.51. The number of hydrogen-bond acceptors (Lipinski definition) is 3. The van der Waals surface area contributed by atoms with Gasteiger partial charge in [-0.05, 0) is 24.8 Å². The van der Waals surface area contributed by atoms with Gasteiger partial charge in [0.1, 0.15) is 6.04 Å². The molecule has 1 N–H and O–H groups in total. The van der Waals surface area contributed by atoms with E-state index in [-0.39, 0.29) is 17.2 Å². The zero-order valence-electron chi connectivity index (χ0n) is 11.1. The van der Waals surface area contributed by atoms with Crippen LogP contribution >= 0.6 is 11.8 Å². The third kappa shape index (κ3) is 2.42. The van der Waals surface area contributed by atoms with Gasteiger partial charge in [0.15, 0.2) is 0 Å². The van der Waals surface area contributed by atoms with E-state index in [4.69, 9.17) is 5.73 Å². The van der Waals surface area contributed by atoms with Crippen molar-refractivity contribution in [1.29, 1.82) is 0 Å². The summed E-state index contributed by atoms with van der Waals surface area (Å²) >= 11 is 1.64. The maximum atomic E-state index is 12.6. The Balaban J connectivity index is 1.75. The predicted octanol–water partition coefficient (Wildman–Crippen LogP) is 1.72. The molecule has 0 aliphatic carbocycles. The Bertz CT molecular complexity index is 520. The van der Waals surface area contributed by atoms with E-state index in [2.05, 4.69) is 0 Å². The maximum Gasteiger partial charge on any atom is 0.262 e. The van der Waals surface area contributed by atoms with Crippen molar-refractivity contribution in [3.63, 3.8) is 0 Å². The fourth-order valence-electron chi connectivity index (χ4n) is 3.05. The summed E-state index contributed by atoms with van der Waals surface area (Å²) in [5.41, 5.74) is 8.49. The van der Waals surface area contributed by atoms with Gasteiger partial charge >= 0.3 is 0 Å². The summed E-state index contributed by atoms with van der Waals surface area (Å²) in [6, 6.07) is 9.46. The Morgan fingerprint density at radius 2 is 2.05 bits per heavy atom. The Morgan fingerprint density at radius 3 is 2.75 bits per heavy atom. The first-order chi connectivity index (χ1) is 9.66. The number of hydrogen-bond donors (Lipinski definition) is 0. The molecule has 2 aliphatic rings. The van der Waals surface area contributed by atoms with Gasteiger partial charge in [0.2, 0.25) is 5.91 Å². The van der Waals surface area contributed by atoms with Crippen molar-refractivity contribution in [3.05, 3.63) is 35.9 Å². The molecule has 2 aliphatic heterocycles. The molecule has 1 aromatic rings. The van der Waals surface area contributed by atoms with Crippen molar-refractivity contribution in [3.8, 4) is 0 Å². The predicted molar refractivity (Wildman–Crippen MR) is 77.9 cm³/mol. The second-order valence-corrected chi connectivity index (χ2v) is 6.59. The summed E-state index contributed by atoms with van der Waals surface area (Å²) < 4.78 is 0. The van der Waals surface area contributed by atoms with E-state index < -0.39 is 11.9 Å². The van der Waals surface area contributed by atoms with Gasteiger partial charge < -0.3 is 4.90 Å². The molecule has 1 aromatic carbocycles. The van der Waals surface area contributed by atoms with Gasteiger partial charge in [0, 0.05) is 11.7 Å². The molecule has 3 atom stereocenters. The molecule has 105 valence electrons. The molecule has 0 aromatic heterocycles. The molecule has 5 heteroatoms. The normalized spacial score (nSPS) is 29.3. The van der Waals surface area contributed by atoms with Crippen molar-refractivity contribution < 1.29 is 9.59 Å². The van der Waals surface area contributed by atoms with Crippen LogP contribution < -0.4 is 5.73 Å². The lowest BCUT2D eigenvalue weighted by atomic mass is 9.89. The molecule has 2 heterocycles. The number of rotatable bonds is 3. The first-order valence-corrected chi connectivity index (χ1v) is 7.95. The second-order valence-electron chi connectivity index (χ2n) is 5.38. The highest BCUT2D eigenvalue weighted by molar-refractivity contribution is 8.00. The molecule has 20 heavy (non-hydrogen) atoms. The smallest absolute Gasteiger partial charge is 0.262 e. The van der Waals surface area contributed by atoms with Gasteiger partial charge in [-0.15, -0.1) is 11.8 Å². The summed E-state index contributed by atoms with van der Waals surface area (Å²) in [7, 11) is 0. The monoisotopic (exact) mass is 289 g/mol. The molecule has 0 saturated carbocycles. The lowest BCUT2D eigenvalue weighted by molar-refractivity contribution is -0.145. The van der Waals surface area contributed by atoms with Crippen LogP contribution in [0.3, 0.4) is 0 Å². The van der Waals surface area contributed by atoms with Crippen molar-refractivity contribution in [2.75, 3.05) is 5.75 Å². The van der Waals surface area contributed by atoms with E-state index in [1.807, 2.05) is 30.3 Å². The van der Waals surface area contributed by atoms with Crippen LogP contribution in [0.15, 0.2) is 30.3 Å². The van der Waals surface area contributed by atoms with E-state index in [0.717, 1.165) is 24.8 Å². The van der Waals surface area contributed by atoms with Crippen LogP contribution in [-0.2, 0) is 16.0 Å². The standard InChI is InChI=1S/C15H17N2O2S/c16-14(18)12-9-20-13-7-6-11(15(19)17(12)13)8-10-4-2-1-3-5-10/h1-5,11-13,16H,6-9H2/t11-,12-,13?/m0/s1. The highest BCUT2D eigenvalue weighted by Gasteiger charge is 2.45. The Labute approximate surface area is 122 Å². The minimum atomic E-state index is -0.631. The number of amides is 2. The van der Waals surface area contributed by atoms with E-state index in [0.29, 0.717) is 5.75 Å². The van der Waals surface area contributed by atoms with Crippen molar-refractivity contribution in [2.24, 2.45) is 5.92 Å². The molecule has 2 fully saturated rings. The molecular formula is C15H17N2O2S. The molecule has 3 rings (SSSR count). The summed E-state index contributed by atoms with van der Waals surface area (Å²) in [5, 5.41) is 0.105. The van der Waals surface area contributed by atoms with Crippen molar-refractivity contribution in [1.82, 2.24) is 10.6 Å². The average Bonchev–Trinajstić information content (AvgIpc) is 2.88. The van der Waals surface area contributed by atoms with Crippen LogP contribution in [0.2, 0.25) is 0 Å². The Hall–Kier alpha value is -1.49. The van der Waals surface area contributed by atoms with E-state index in [1.165, 1.54) is 0 Å². The number of nitrogens with one attached hydrogen (secondary N) is 1. The SMILES string of the molecule is [NH]C(=O)[C@@H]1CSC2CC[C@@H](Cc3ccccc3)C(=O)N21. The number of piperidine rings is 1. The van der Waals surface area contributed by atoms with Crippen LogP contribution in [0.5, 0.6) is 0 Å². The topological polar surface area (TPSA) is 61.2 Å². The number of fused-ring (bicyclic) bond motifs is 1. The van der Waals surface area contributed by atoms with E-state index in [9.17, 15) is 9.59 Å². The maximum absolute atomic E-state index is 12.6. The van der Waals surface area contributed by atoms with Crippen LogP contribution in [0.25, 0.3) is 0 Å². The number of benzene rings is 1. The van der Waals surface area contributed by atoms with Crippen LogP contribution in [-0.4, -0.2) is 33.9 Å². The summed E-state index contributed by atoms with van der Waals surface area (Å²) in [5.74, 6) is -0.0415. The van der Waals surface area contributed by atoms with Gasteiger partial charge in [-0.1, -0.05) is 30.3 Å². The summed E-state index contributed by atoms with van der Waals surface area (Å²) in [6.45, 7) is 0. The molecule has 2 amide bonds. The van der Waals surface area contributed by atoms with Crippen LogP contribution in [0.1, 0.15) is 18.4 Å². The second kappa shape index (κ2) is 5.48. The number of carbonyl (C=O) groups is 2. The molecule has 1 unspecified atom stereocenters. The van der Waals surface area contributed by atoms with E-state index in [1.54, 1.807) is 16.7 Å². The van der Waals surface area contributed by atoms with Crippen LogP contribution in [0, 0.1) is 5.92 Å². The summed E-state index contributed by atoms with van der Waals surface area (Å²) in [4.78, 5) is 25.7. The van der Waals surface area contributed by atoms with Crippen LogP contribution in [0.4, 0.5) is 0 Å². The molecule has 4 nitrogen and oxygen atoms in total. The number of carbonyl (C=O) groups excluding carboxylic acids is 2. The zero-order valence-corrected chi connectivity index (χ0v) is 11.9. The van der Waals surface area contributed by atoms with E-state index >= 15 is 0 Å². The number of nitrogens with zero attached hydrogens (tertiary/aromatic N) is 1. The van der Waals surface area contributed by atoms with Gasteiger partial charge in [-0.3, -0.25) is 15.3 Å².